The summed E-state index contributed by atoms with van der Waals surface area (Å²) in [5.74, 6) is 0.848. The molecule has 3 heterocycles. The van der Waals surface area contributed by atoms with Crippen LogP contribution in [0.25, 0.3) is 4.96 Å². The Kier molecular flexibility index (Phi) is 4.93. The van der Waals surface area contributed by atoms with E-state index in [1.54, 1.807) is 15.9 Å². The molecule has 0 fully saturated rings. The molecule has 2 N–H and O–H groups in total. The van der Waals surface area contributed by atoms with Crippen LogP contribution in [0.1, 0.15) is 34.8 Å². The van der Waals surface area contributed by atoms with Crippen LogP contribution in [0.3, 0.4) is 0 Å². The fourth-order valence-corrected chi connectivity index (χ4v) is 3.34. The molecule has 0 saturated heterocycles. The molecule has 0 atom stereocenters. The summed E-state index contributed by atoms with van der Waals surface area (Å²) in [6.07, 6.45) is 1.05. The molecule has 0 saturated carbocycles. The summed E-state index contributed by atoms with van der Waals surface area (Å²) in [7, 11) is 0. The van der Waals surface area contributed by atoms with Gasteiger partial charge in [-0.2, -0.15) is 4.98 Å². The zero-order chi connectivity index (χ0) is 18.0. The van der Waals surface area contributed by atoms with Crippen LogP contribution in [-0.4, -0.2) is 37.0 Å². The molecule has 0 aliphatic rings. The highest BCUT2D eigenvalue weighted by Crippen LogP contribution is 2.21. The molecule has 8 nitrogen and oxygen atoms in total. The Balaban J connectivity index is 1.47. The number of fused-ring (bicyclic) bond motifs is 1. The maximum Gasteiger partial charge on any atom is 0.250 e. The zero-order valence-electron chi connectivity index (χ0n) is 14.8. The van der Waals surface area contributed by atoms with Gasteiger partial charge in [0.1, 0.15) is 0 Å². The second-order valence-electron chi connectivity index (χ2n) is 5.93. The molecular weight excluding hydrogens is 338 g/mol. The largest absolute Gasteiger partial charge is 0.354 e. The SMILES string of the molecule is Cc1cc(C)nc(NCCCC(=O)Nc2nc3sc(C)c(C)n3n2)n1. The van der Waals surface area contributed by atoms with Gasteiger partial charge in [-0.3, -0.25) is 10.1 Å². The second kappa shape index (κ2) is 7.14. The van der Waals surface area contributed by atoms with E-state index in [0.29, 0.717) is 31.3 Å². The van der Waals surface area contributed by atoms with Crippen molar-refractivity contribution in [3.8, 4) is 0 Å². The highest BCUT2D eigenvalue weighted by atomic mass is 32.1. The summed E-state index contributed by atoms with van der Waals surface area (Å²) in [6.45, 7) is 8.50. The first-order valence-corrected chi connectivity index (χ1v) is 8.93. The van der Waals surface area contributed by atoms with Gasteiger partial charge < -0.3 is 5.32 Å². The molecule has 0 spiro atoms. The van der Waals surface area contributed by atoms with Crippen LogP contribution in [-0.2, 0) is 4.79 Å². The van der Waals surface area contributed by atoms with E-state index in [1.165, 1.54) is 4.88 Å². The van der Waals surface area contributed by atoms with Crippen LogP contribution in [0.15, 0.2) is 6.07 Å². The van der Waals surface area contributed by atoms with Crippen molar-refractivity contribution in [1.82, 2.24) is 24.6 Å². The number of hydrogen-bond acceptors (Lipinski definition) is 7. The summed E-state index contributed by atoms with van der Waals surface area (Å²) in [5, 5.41) is 10.2. The minimum Gasteiger partial charge on any atom is -0.354 e. The first kappa shape index (κ1) is 17.3. The molecule has 3 aromatic rings. The van der Waals surface area contributed by atoms with Gasteiger partial charge in [-0.15, -0.1) is 5.10 Å². The molecule has 0 radical (unpaired) electrons. The molecule has 0 unspecified atom stereocenters. The summed E-state index contributed by atoms with van der Waals surface area (Å²) >= 11 is 1.56. The summed E-state index contributed by atoms with van der Waals surface area (Å²) in [4.78, 5) is 26.9. The summed E-state index contributed by atoms with van der Waals surface area (Å²) in [5.41, 5.74) is 2.89. The number of nitrogens with zero attached hydrogens (tertiary/aromatic N) is 5. The lowest BCUT2D eigenvalue weighted by Crippen LogP contribution is -2.15. The average molecular weight is 359 g/mol. The third-order valence-corrected chi connectivity index (χ3v) is 4.79. The number of carbonyl (C=O) groups excluding carboxylic acids is 1. The monoisotopic (exact) mass is 359 g/mol. The van der Waals surface area contributed by atoms with E-state index in [0.717, 1.165) is 22.0 Å². The van der Waals surface area contributed by atoms with Crippen molar-refractivity contribution in [3.63, 3.8) is 0 Å². The number of rotatable bonds is 6. The lowest BCUT2D eigenvalue weighted by molar-refractivity contribution is -0.116. The Morgan fingerprint density at radius 1 is 1.12 bits per heavy atom. The Morgan fingerprint density at radius 3 is 2.52 bits per heavy atom. The van der Waals surface area contributed by atoms with Gasteiger partial charge >= 0.3 is 0 Å². The molecular formula is C16H21N7OS. The normalized spacial score (nSPS) is 11.0. The van der Waals surface area contributed by atoms with Gasteiger partial charge in [0, 0.05) is 29.2 Å². The van der Waals surface area contributed by atoms with Crippen LogP contribution in [0, 0.1) is 27.7 Å². The van der Waals surface area contributed by atoms with Gasteiger partial charge in [0.25, 0.3) is 0 Å². The summed E-state index contributed by atoms with van der Waals surface area (Å²) in [6, 6.07) is 1.92. The third-order valence-electron chi connectivity index (χ3n) is 3.75. The first-order chi connectivity index (χ1) is 11.9. The number of amides is 1. The van der Waals surface area contributed by atoms with Crippen molar-refractivity contribution in [3.05, 3.63) is 28.0 Å². The number of aromatic nitrogens is 5. The standard InChI is InChI=1S/C16H21N7OS/c1-9-8-10(2)19-14(18-9)17-7-5-6-13(24)20-15-21-16-23(22-15)11(3)12(4)25-16/h8H,5-7H2,1-4H3,(H,17,18,19)(H,20,22,24). The van der Waals surface area contributed by atoms with Gasteiger partial charge in [0.05, 0.1) is 5.69 Å². The quantitative estimate of drug-likeness (QED) is 0.657. The van der Waals surface area contributed by atoms with Crippen LogP contribution < -0.4 is 10.6 Å². The average Bonchev–Trinajstić information content (AvgIpc) is 3.02. The minimum absolute atomic E-state index is 0.101. The third kappa shape index (κ3) is 4.11. The van der Waals surface area contributed by atoms with Gasteiger partial charge in [-0.05, 0) is 40.2 Å². The topological polar surface area (TPSA) is 97.1 Å². The molecule has 0 aliphatic heterocycles. The van der Waals surface area contributed by atoms with Crippen LogP contribution in [0.5, 0.6) is 0 Å². The van der Waals surface area contributed by atoms with Gasteiger partial charge in [-0.1, -0.05) is 11.3 Å². The van der Waals surface area contributed by atoms with E-state index >= 15 is 0 Å². The van der Waals surface area contributed by atoms with Crippen LogP contribution >= 0.6 is 11.3 Å². The van der Waals surface area contributed by atoms with E-state index < -0.39 is 0 Å². The van der Waals surface area contributed by atoms with Crippen molar-refractivity contribution in [2.75, 3.05) is 17.2 Å². The molecule has 1 amide bonds. The molecule has 25 heavy (non-hydrogen) atoms. The fraction of sp³-hybridized carbons (Fsp3) is 0.438. The van der Waals surface area contributed by atoms with Crippen molar-refractivity contribution in [2.24, 2.45) is 0 Å². The fourth-order valence-electron chi connectivity index (χ4n) is 2.44. The van der Waals surface area contributed by atoms with Gasteiger partial charge in [-0.25, -0.2) is 14.5 Å². The molecule has 0 aliphatic carbocycles. The lowest BCUT2D eigenvalue weighted by Gasteiger charge is -2.06. The first-order valence-electron chi connectivity index (χ1n) is 8.11. The van der Waals surface area contributed by atoms with Crippen molar-refractivity contribution in [2.45, 2.75) is 40.5 Å². The number of carbonyl (C=O) groups is 1. The predicted octanol–water partition coefficient (Wildman–Crippen LogP) is 2.65. The molecule has 3 rings (SSSR count). The van der Waals surface area contributed by atoms with E-state index in [-0.39, 0.29) is 5.91 Å². The van der Waals surface area contributed by atoms with Crippen molar-refractivity contribution >= 4 is 34.1 Å². The van der Waals surface area contributed by atoms with Gasteiger partial charge in [0.15, 0.2) is 0 Å². The summed E-state index contributed by atoms with van der Waals surface area (Å²) < 4.78 is 1.76. The van der Waals surface area contributed by atoms with Gasteiger partial charge in [0.2, 0.25) is 22.8 Å². The Hall–Kier alpha value is -2.55. The lowest BCUT2D eigenvalue weighted by atomic mass is 10.3. The van der Waals surface area contributed by atoms with E-state index in [1.807, 2.05) is 33.8 Å². The Bertz CT molecular complexity index is 894. The second-order valence-corrected chi connectivity index (χ2v) is 7.11. The maximum atomic E-state index is 12.0. The molecule has 0 bridgehead atoms. The predicted molar refractivity (Wildman–Crippen MR) is 98.2 cm³/mol. The number of nitrogens with one attached hydrogen (secondary N) is 2. The van der Waals surface area contributed by atoms with E-state index in [4.69, 9.17) is 0 Å². The number of thiazole rings is 1. The smallest absolute Gasteiger partial charge is 0.250 e. The van der Waals surface area contributed by atoms with Crippen molar-refractivity contribution < 1.29 is 4.79 Å². The molecule has 0 aromatic carbocycles. The molecule has 9 heteroatoms. The Labute approximate surface area is 149 Å². The van der Waals surface area contributed by atoms with E-state index in [9.17, 15) is 4.79 Å². The minimum atomic E-state index is -0.101. The Morgan fingerprint density at radius 2 is 1.84 bits per heavy atom. The maximum absolute atomic E-state index is 12.0. The van der Waals surface area contributed by atoms with E-state index in [2.05, 4.69) is 30.7 Å². The van der Waals surface area contributed by atoms with Crippen LogP contribution in [0.2, 0.25) is 0 Å². The zero-order valence-corrected chi connectivity index (χ0v) is 15.6. The van der Waals surface area contributed by atoms with Crippen molar-refractivity contribution in [1.29, 1.82) is 0 Å². The molecule has 132 valence electrons. The highest BCUT2D eigenvalue weighted by Gasteiger charge is 2.12. The number of hydrogen-bond donors (Lipinski definition) is 2. The highest BCUT2D eigenvalue weighted by molar-refractivity contribution is 7.17. The number of anilines is 2. The van der Waals surface area contributed by atoms with Crippen LogP contribution in [0.4, 0.5) is 11.9 Å². The molecule has 3 aromatic heterocycles. The number of aryl methyl sites for hydroxylation is 4.